The van der Waals surface area contributed by atoms with Gasteiger partial charge in [0.1, 0.15) is 0 Å². The number of likely N-dealkylation sites (tertiary alicyclic amines) is 1. The molecule has 118 valence electrons. The summed E-state index contributed by atoms with van der Waals surface area (Å²) in [6.07, 6.45) is 1.68. The summed E-state index contributed by atoms with van der Waals surface area (Å²) < 4.78 is 7.24. The minimum Gasteiger partial charge on any atom is -0.389 e. The van der Waals surface area contributed by atoms with Gasteiger partial charge in [-0.3, -0.25) is 4.90 Å². The van der Waals surface area contributed by atoms with Crippen molar-refractivity contribution in [1.82, 2.24) is 24.7 Å². The number of hydrogen-bond acceptors (Lipinski definition) is 6. The molecule has 1 N–H and O–H groups in total. The van der Waals surface area contributed by atoms with Gasteiger partial charge in [-0.15, -0.1) is 10.2 Å². The molecule has 0 radical (unpaired) electrons. The van der Waals surface area contributed by atoms with Crippen LogP contribution >= 0.6 is 0 Å². The van der Waals surface area contributed by atoms with Crippen LogP contribution in [0.15, 0.2) is 12.1 Å². The molecule has 0 saturated carbocycles. The molecule has 0 amide bonds. The number of fused-ring (bicyclic) bond motifs is 1. The molecule has 4 rings (SSSR count). The summed E-state index contributed by atoms with van der Waals surface area (Å²) >= 11 is 0. The number of aliphatic hydroxyl groups excluding tert-OH is 1. The number of aryl methyl sites for hydroxylation is 1. The summed E-state index contributed by atoms with van der Waals surface area (Å²) in [6, 6.07) is 4.06. The fourth-order valence-electron chi connectivity index (χ4n) is 3.52. The summed E-state index contributed by atoms with van der Waals surface area (Å²) in [6.45, 7) is 4.99. The third kappa shape index (κ3) is 2.39. The van der Waals surface area contributed by atoms with Crippen LogP contribution in [0.5, 0.6) is 0 Å². The second-order valence-corrected chi connectivity index (χ2v) is 6.29. The second kappa shape index (κ2) is 5.57. The smallest absolute Gasteiger partial charge is 0.177 e. The molecule has 2 aliphatic rings. The Morgan fingerprint density at radius 3 is 2.73 bits per heavy atom. The van der Waals surface area contributed by atoms with Crippen LogP contribution < -0.4 is 0 Å². The standard InChI is InChI=1S/C15H21N5O2/c1-10-2-3-14-16-17-15(20(14)18-10)11-4-6-19(7-5-11)12-8-22-9-13(12)21/h2-3,11-13,21H,4-9H2,1H3. The van der Waals surface area contributed by atoms with Gasteiger partial charge < -0.3 is 9.84 Å². The Morgan fingerprint density at radius 2 is 2.00 bits per heavy atom. The predicted molar refractivity (Wildman–Crippen MR) is 79.7 cm³/mol. The van der Waals surface area contributed by atoms with Crippen LogP contribution in [0.25, 0.3) is 5.65 Å². The molecule has 7 nitrogen and oxygen atoms in total. The molecule has 2 aromatic heterocycles. The highest BCUT2D eigenvalue weighted by molar-refractivity contribution is 5.36. The Morgan fingerprint density at radius 1 is 1.18 bits per heavy atom. The van der Waals surface area contributed by atoms with Crippen LogP contribution in [0.1, 0.15) is 30.3 Å². The number of rotatable bonds is 2. The zero-order valence-electron chi connectivity index (χ0n) is 12.7. The lowest BCUT2D eigenvalue weighted by atomic mass is 9.94. The van der Waals surface area contributed by atoms with Crippen molar-refractivity contribution in [2.75, 3.05) is 26.3 Å². The molecule has 0 bridgehead atoms. The first-order valence-corrected chi connectivity index (χ1v) is 7.91. The Hall–Kier alpha value is -1.57. The van der Waals surface area contributed by atoms with Gasteiger partial charge in [0.15, 0.2) is 11.5 Å². The first-order chi connectivity index (χ1) is 10.7. The quantitative estimate of drug-likeness (QED) is 0.864. The molecule has 2 saturated heterocycles. The van der Waals surface area contributed by atoms with Crippen LogP contribution in [0, 0.1) is 6.92 Å². The van der Waals surface area contributed by atoms with Crippen LogP contribution in [-0.2, 0) is 4.74 Å². The highest BCUT2D eigenvalue weighted by Crippen LogP contribution is 2.29. The highest BCUT2D eigenvalue weighted by Gasteiger charge is 2.35. The first kappa shape index (κ1) is 14.0. The van der Waals surface area contributed by atoms with E-state index in [1.54, 1.807) is 0 Å². The van der Waals surface area contributed by atoms with Crippen LogP contribution in [0.3, 0.4) is 0 Å². The zero-order valence-corrected chi connectivity index (χ0v) is 12.7. The van der Waals surface area contributed by atoms with Crippen LogP contribution in [0.2, 0.25) is 0 Å². The molecule has 2 unspecified atom stereocenters. The largest absolute Gasteiger partial charge is 0.389 e. The van der Waals surface area contributed by atoms with Gasteiger partial charge in [-0.2, -0.15) is 9.61 Å². The highest BCUT2D eigenvalue weighted by atomic mass is 16.5. The molecule has 22 heavy (non-hydrogen) atoms. The molecule has 7 heteroatoms. The number of ether oxygens (including phenoxy) is 1. The predicted octanol–water partition coefficient (Wildman–Crippen LogP) is 0.372. The van der Waals surface area contributed by atoms with Crippen molar-refractivity contribution in [3.63, 3.8) is 0 Å². The maximum atomic E-state index is 9.96. The van der Waals surface area contributed by atoms with Crippen LogP contribution in [-0.4, -0.2) is 68.3 Å². The summed E-state index contributed by atoms with van der Waals surface area (Å²) in [4.78, 5) is 2.34. The van der Waals surface area contributed by atoms with E-state index in [1.807, 2.05) is 23.6 Å². The Labute approximate surface area is 128 Å². The minimum atomic E-state index is -0.352. The molecular formula is C15H21N5O2. The molecule has 2 aromatic rings. The molecule has 2 atom stereocenters. The van der Waals surface area contributed by atoms with Gasteiger partial charge in [0.05, 0.1) is 31.1 Å². The molecule has 0 aromatic carbocycles. The van der Waals surface area contributed by atoms with Crippen molar-refractivity contribution in [3.8, 4) is 0 Å². The molecule has 4 heterocycles. The van der Waals surface area contributed by atoms with Crippen molar-refractivity contribution in [2.45, 2.75) is 37.8 Å². The van der Waals surface area contributed by atoms with Gasteiger partial charge in [-0.1, -0.05) is 0 Å². The lowest BCUT2D eigenvalue weighted by molar-refractivity contribution is 0.0655. The summed E-state index contributed by atoms with van der Waals surface area (Å²) in [5.74, 6) is 1.33. The lowest BCUT2D eigenvalue weighted by Gasteiger charge is -2.35. The summed E-state index contributed by atoms with van der Waals surface area (Å²) in [5, 5.41) is 23.1. The Kier molecular flexibility index (Phi) is 3.56. The summed E-state index contributed by atoms with van der Waals surface area (Å²) in [7, 11) is 0. The van der Waals surface area contributed by atoms with E-state index in [-0.39, 0.29) is 12.1 Å². The van der Waals surface area contributed by atoms with E-state index in [0.29, 0.717) is 19.1 Å². The van der Waals surface area contributed by atoms with Gasteiger partial charge in [-0.25, -0.2) is 0 Å². The van der Waals surface area contributed by atoms with Crippen molar-refractivity contribution in [2.24, 2.45) is 0 Å². The maximum Gasteiger partial charge on any atom is 0.177 e. The number of aromatic nitrogens is 4. The van der Waals surface area contributed by atoms with Crippen molar-refractivity contribution < 1.29 is 9.84 Å². The number of hydrogen-bond donors (Lipinski definition) is 1. The van der Waals surface area contributed by atoms with Crippen molar-refractivity contribution in [3.05, 3.63) is 23.7 Å². The monoisotopic (exact) mass is 303 g/mol. The Balaban J connectivity index is 1.49. The molecular weight excluding hydrogens is 282 g/mol. The van der Waals surface area contributed by atoms with E-state index in [0.717, 1.165) is 43.1 Å². The van der Waals surface area contributed by atoms with E-state index in [4.69, 9.17) is 4.74 Å². The van der Waals surface area contributed by atoms with Gasteiger partial charge >= 0.3 is 0 Å². The van der Waals surface area contributed by atoms with E-state index in [1.165, 1.54) is 0 Å². The number of piperidine rings is 1. The number of aliphatic hydroxyl groups is 1. The maximum absolute atomic E-state index is 9.96. The fraction of sp³-hybridized carbons (Fsp3) is 0.667. The molecule has 2 aliphatic heterocycles. The van der Waals surface area contributed by atoms with Gasteiger partial charge in [0.2, 0.25) is 0 Å². The van der Waals surface area contributed by atoms with Gasteiger partial charge in [0, 0.05) is 5.92 Å². The lowest BCUT2D eigenvalue weighted by Crippen LogP contribution is -2.46. The SMILES string of the molecule is Cc1ccc2nnc(C3CCN(C4COCC4O)CC3)n2n1. The third-order valence-corrected chi connectivity index (χ3v) is 4.81. The first-order valence-electron chi connectivity index (χ1n) is 7.91. The average molecular weight is 303 g/mol. The van der Waals surface area contributed by atoms with Gasteiger partial charge in [-0.05, 0) is 45.0 Å². The van der Waals surface area contributed by atoms with Gasteiger partial charge in [0.25, 0.3) is 0 Å². The van der Waals surface area contributed by atoms with E-state index in [2.05, 4.69) is 20.2 Å². The number of nitrogens with zero attached hydrogens (tertiary/aromatic N) is 5. The minimum absolute atomic E-state index is 0.150. The van der Waals surface area contributed by atoms with E-state index >= 15 is 0 Å². The van der Waals surface area contributed by atoms with Crippen molar-refractivity contribution >= 4 is 5.65 Å². The molecule has 0 aliphatic carbocycles. The molecule has 2 fully saturated rings. The third-order valence-electron chi connectivity index (χ3n) is 4.81. The van der Waals surface area contributed by atoms with E-state index < -0.39 is 0 Å². The topological polar surface area (TPSA) is 75.8 Å². The second-order valence-electron chi connectivity index (χ2n) is 6.29. The fourth-order valence-corrected chi connectivity index (χ4v) is 3.52. The molecule has 0 spiro atoms. The average Bonchev–Trinajstić information content (AvgIpc) is 3.13. The summed E-state index contributed by atoms with van der Waals surface area (Å²) in [5.41, 5.74) is 1.78. The normalized spacial score (nSPS) is 27.7. The zero-order chi connectivity index (χ0) is 15.1. The van der Waals surface area contributed by atoms with E-state index in [9.17, 15) is 5.11 Å². The Bertz CT molecular complexity index is 665. The van der Waals surface area contributed by atoms with Crippen molar-refractivity contribution in [1.29, 1.82) is 0 Å². The van der Waals surface area contributed by atoms with Crippen LogP contribution in [0.4, 0.5) is 0 Å².